The van der Waals surface area contributed by atoms with Crippen LogP contribution in [-0.4, -0.2) is 53.2 Å². The fourth-order valence-electron chi connectivity index (χ4n) is 2.10. The van der Waals surface area contributed by atoms with Gasteiger partial charge in [-0.2, -0.15) is 0 Å². The van der Waals surface area contributed by atoms with E-state index in [0.29, 0.717) is 12.2 Å². The van der Waals surface area contributed by atoms with Gasteiger partial charge in [0.05, 0.1) is 11.9 Å². The lowest BCUT2D eigenvalue weighted by molar-refractivity contribution is 0.0690. The van der Waals surface area contributed by atoms with Crippen LogP contribution in [0.4, 0.5) is 10.5 Å². The number of nitrogens with zero attached hydrogens (tertiary/aromatic N) is 2. The van der Waals surface area contributed by atoms with Gasteiger partial charge in [0.15, 0.2) is 0 Å². The highest BCUT2D eigenvalue weighted by atomic mass is 16.4. The van der Waals surface area contributed by atoms with Crippen LogP contribution in [0.5, 0.6) is 0 Å². The maximum atomic E-state index is 11.6. The highest BCUT2D eigenvalue weighted by molar-refractivity contribution is 5.90. The van der Waals surface area contributed by atoms with Crippen molar-refractivity contribution in [3.63, 3.8) is 0 Å². The van der Waals surface area contributed by atoms with Crippen molar-refractivity contribution in [3.05, 3.63) is 24.0 Å². The van der Waals surface area contributed by atoms with Crippen LogP contribution in [-0.2, 0) is 0 Å². The number of carbonyl (C=O) groups is 2. The monoisotopic (exact) mass is 278 g/mol. The number of rotatable bonds is 5. The Kier molecular flexibility index (Phi) is 4.89. The molecule has 1 aromatic rings. The van der Waals surface area contributed by atoms with E-state index in [2.05, 4.69) is 20.5 Å². The molecule has 3 N–H and O–H groups in total. The molecule has 0 unspecified atom stereocenters. The average Bonchev–Trinajstić information content (AvgIpc) is 2.92. The van der Waals surface area contributed by atoms with Crippen LogP contribution in [0.15, 0.2) is 18.3 Å². The molecule has 108 valence electrons. The molecule has 7 heteroatoms. The summed E-state index contributed by atoms with van der Waals surface area (Å²) < 4.78 is 0. The van der Waals surface area contributed by atoms with Crippen molar-refractivity contribution in [1.82, 2.24) is 15.2 Å². The quantitative estimate of drug-likeness (QED) is 0.747. The van der Waals surface area contributed by atoms with Gasteiger partial charge in [0, 0.05) is 13.1 Å². The molecule has 1 saturated heterocycles. The molecule has 7 nitrogen and oxygen atoms in total. The molecule has 0 atom stereocenters. The van der Waals surface area contributed by atoms with Crippen LogP contribution < -0.4 is 10.6 Å². The zero-order valence-electron chi connectivity index (χ0n) is 11.1. The lowest BCUT2D eigenvalue weighted by Gasteiger charge is -2.14. The van der Waals surface area contributed by atoms with Crippen LogP contribution in [0.2, 0.25) is 0 Å². The van der Waals surface area contributed by atoms with Gasteiger partial charge in [0.1, 0.15) is 5.69 Å². The molecule has 1 aliphatic heterocycles. The Morgan fingerprint density at radius 2 is 2.05 bits per heavy atom. The van der Waals surface area contributed by atoms with E-state index < -0.39 is 5.97 Å². The van der Waals surface area contributed by atoms with Gasteiger partial charge in [-0.3, -0.25) is 0 Å². The second kappa shape index (κ2) is 6.85. The van der Waals surface area contributed by atoms with E-state index in [4.69, 9.17) is 5.11 Å². The Bertz CT molecular complexity index is 469. The van der Waals surface area contributed by atoms with Gasteiger partial charge < -0.3 is 20.6 Å². The Balaban J connectivity index is 1.71. The second-order valence-corrected chi connectivity index (χ2v) is 4.67. The van der Waals surface area contributed by atoms with Gasteiger partial charge >= 0.3 is 12.0 Å². The topological polar surface area (TPSA) is 94.6 Å². The zero-order chi connectivity index (χ0) is 14.4. The minimum Gasteiger partial charge on any atom is -0.477 e. The van der Waals surface area contributed by atoms with Crippen molar-refractivity contribution in [3.8, 4) is 0 Å². The maximum Gasteiger partial charge on any atom is 0.354 e. The minimum atomic E-state index is -1.09. The van der Waals surface area contributed by atoms with Crippen molar-refractivity contribution in [2.24, 2.45) is 0 Å². The molecule has 20 heavy (non-hydrogen) atoms. The van der Waals surface area contributed by atoms with Gasteiger partial charge in [-0.25, -0.2) is 14.6 Å². The van der Waals surface area contributed by atoms with Crippen LogP contribution in [0.3, 0.4) is 0 Å². The van der Waals surface area contributed by atoms with Crippen molar-refractivity contribution in [1.29, 1.82) is 0 Å². The van der Waals surface area contributed by atoms with Crippen molar-refractivity contribution >= 4 is 17.7 Å². The average molecular weight is 278 g/mol. The standard InChI is InChI=1S/C13H18N4O3/c18-12(19)11-4-3-10(9-15-11)16-13(20)14-5-8-17-6-1-2-7-17/h3-4,9H,1-2,5-8H2,(H,18,19)(H2,14,16,20). The predicted molar refractivity (Wildman–Crippen MR) is 73.9 cm³/mol. The third-order valence-corrected chi connectivity index (χ3v) is 3.15. The fourth-order valence-corrected chi connectivity index (χ4v) is 2.10. The molecule has 0 aliphatic carbocycles. The number of hydrogen-bond acceptors (Lipinski definition) is 4. The molecule has 1 aromatic heterocycles. The number of likely N-dealkylation sites (tertiary alicyclic amines) is 1. The molecule has 0 aromatic carbocycles. The van der Waals surface area contributed by atoms with Crippen molar-refractivity contribution in [2.75, 3.05) is 31.5 Å². The van der Waals surface area contributed by atoms with Gasteiger partial charge in [0.25, 0.3) is 0 Å². The lowest BCUT2D eigenvalue weighted by Crippen LogP contribution is -2.35. The van der Waals surface area contributed by atoms with Crippen LogP contribution in [0, 0.1) is 0 Å². The molecule has 0 bridgehead atoms. The molecule has 1 aliphatic rings. The summed E-state index contributed by atoms with van der Waals surface area (Å²) in [6.45, 7) is 3.64. The Hall–Kier alpha value is -2.15. The number of aromatic carboxylic acids is 1. The Morgan fingerprint density at radius 3 is 2.65 bits per heavy atom. The number of aromatic nitrogens is 1. The number of nitrogens with one attached hydrogen (secondary N) is 2. The summed E-state index contributed by atoms with van der Waals surface area (Å²) >= 11 is 0. The third-order valence-electron chi connectivity index (χ3n) is 3.15. The summed E-state index contributed by atoms with van der Waals surface area (Å²) in [5.74, 6) is -1.09. The minimum absolute atomic E-state index is 0.0509. The first-order chi connectivity index (χ1) is 9.65. The fraction of sp³-hybridized carbons (Fsp3) is 0.462. The summed E-state index contributed by atoms with van der Waals surface area (Å²) in [6.07, 6.45) is 3.78. The van der Waals surface area contributed by atoms with Crippen LogP contribution >= 0.6 is 0 Å². The van der Waals surface area contributed by atoms with E-state index in [1.165, 1.54) is 31.2 Å². The molecule has 1 fully saturated rings. The predicted octanol–water partition coefficient (Wildman–Crippen LogP) is 0.997. The number of hydrogen-bond donors (Lipinski definition) is 3. The van der Waals surface area contributed by atoms with Gasteiger partial charge in [-0.1, -0.05) is 0 Å². The molecule has 2 rings (SSSR count). The van der Waals surface area contributed by atoms with Gasteiger partial charge in [0.2, 0.25) is 0 Å². The molecular formula is C13H18N4O3. The van der Waals surface area contributed by atoms with Gasteiger partial charge in [-0.15, -0.1) is 0 Å². The first-order valence-corrected chi connectivity index (χ1v) is 6.62. The third kappa shape index (κ3) is 4.20. The lowest BCUT2D eigenvalue weighted by atomic mass is 10.3. The Morgan fingerprint density at radius 1 is 1.30 bits per heavy atom. The zero-order valence-corrected chi connectivity index (χ0v) is 11.1. The number of carboxylic acid groups (broad SMARTS) is 1. The Labute approximate surface area is 117 Å². The summed E-state index contributed by atoms with van der Waals surface area (Å²) in [5.41, 5.74) is 0.415. The molecule has 0 saturated carbocycles. The molecular weight excluding hydrogens is 260 g/mol. The number of carboxylic acids is 1. The van der Waals surface area contributed by atoms with E-state index in [-0.39, 0.29) is 11.7 Å². The van der Waals surface area contributed by atoms with Crippen molar-refractivity contribution in [2.45, 2.75) is 12.8 Å². The molecule has 0 radical (unpaired) electrons. The van der Waals surface area contributed by atoms with E-state index in [9.17, 15) is 9.59 Å². The summed E-state index contributed by atoms with van der Waals surface area (Å²) in [7, 11) is 0. The SMILES string of the molecule is O=C(NCCN1CCCC1)Nc1ccc(C(=O)O)nc1. The normalized spacial score (nSPS) is 15.0. The highest BCUT2D eigenvalue weighted by Crippen LogP contribution is 2.07. The molecule has 2 heterocycles. The summed E-state index contributed by atoms with van der Waals surface area (Å²) in [5, 5.41) is 14.1. The van der Waals surface area contributed by atoms with E-state index in [1.54, 1.807) is 0 Å². The number of urea groups is 1. The van der Waals surface area contributed by atoms with E-state index in [1.807, 2.05) is 0 Å². The molecule has 0 spiro atoms. The van der Waals surface area contributed by atoms with Crippen LogP contribution in [0.25, 0.3) is 0 Å². The summed E-state index contributed by atoms with van der Waals surface area (Å²) in [6, 6.07) is 2.55. The second-order valence-electron chi connectivity index (χ2n) is 4.67. The highest BCUT2D eigenvalue weighted by Gasteiger charge is 2.11. The number of carbonyl (C=O) groups excluding carboxylic acids is 1. The smallest absolute Gasteiger partial charge is 0.354 e. The van der Waals surface area contributed by atoms with Gasteiger partial charge in [-0.05, 0) is 38.1 Å². The number of anilines is 1. The first-order valence-electron chi connectivity index (χ1n) is 6.62. The largest absolute Gasteiger partial charge is 0.477 e. The first kappa shape index (κ1) is 14.3. The van der Waals surface area contributed by atoms with E-state index in [0.717, 1.165) is 19.6 Å². The van der Waals surface area contributed by atoms with Crippen LogP contribution in [0.1, 0.15) is 23.3 Å². The maximum absolute atomic E-state index is 11.6. The molecule has 2 amide bonds. The van der Waals surface area contributed by atoms with E-state index >= 15 is 0 Å². The summed E-state index contributed by atoms with van der Waals surface area (Å²) in [4.78, 5) is 28.3. The number of amides is 2. The van der Waals surface area contributed by atoms with Crippen molar-refractivity contribution < 1.29 is 14.7 Å². The number of pyridine rings is 1.